The number of pyridine rings is 1. The number of hydrogen-bond acceptors (Lipinski definition) is 4. The lowest BCUT2D eigenvalue weighted by molar-refractivity contribution is -0.120. The molecule has 1 aromatic carbocycles. The summed E-state index contributed by atoms with van der Waals surface area (Å²) in [4.78, 5) is 28.1. The predicted octanol–water partition coefficient (Wildman–Crippen LogP) is 2.67. The Morgan fingerprint density at radius 3 is 2.88 bits per heavy atom. The Morgan fingerprint density at radius 2 is 2.08 bits per heavy atom. The third kappa shape index (κ3) is 4.23. The van der Waals surface area contributed by atoms with Gasteiger partial charge < -0.3 is 15.4 Å². The van der Waals surface area contributed by atoms with Crippen LogP contribution < -0.4 is 20.7 Å². The third-order valence-corrected chi connectivity index (χ3v) is 4.30. The Kier molecular flexibility index (Phi) is 5.58. The molecule has 1 aliphatic heterocycles. The van der Waals surface area contributed by atoms with Crippen molar-refractivity contribution in [3.63, 3.8) is 0 Å². The lowest BCUT2D eigenvalue weighted by Crippen LogP contribution is -2.35. The van der Waals surface area contributed by atoms with E-state index in [0.717, 1.165) is 5.56 Å². The quantitative estimate of drug-likeness (QED) is 0.767. The van der Waals surface area contributed by atoms with Crippen molar-refractivity contribution in [3.8, 4) is 5.75 Å². The monoisotopic (exact) mass is 374 g/mol. The van der Waals surface area contributed by atoms with Crippen LogP contribution in [0.2, 0.25) is 5.02 Å². The van der Waals surface area contributed by atoms with Crippen LogP contribution in [0.5, 0.6) is 5.75 Å². The fraction of sp³-hybridized carbons (Fsp3) is 0.278. The number of nitrogens with one attached hydrogen (secondary N) is 3. The van der Waals surface area contributed by atoms with Crippen LogP contribution >= 0.6 is 11.6 Å². The average Bonchev–Trinajstić information content (AvgIpc) is 2.63. The van der Waals surface area contributed by atoms with E-state index in [1.165, 1.54) is 0 Å². The fourth-order valence-corrected chi connectivity index (χ4v) is 2.98. The van der Waals surface area contributed by atoms with E-state index in [0.29, 0.717) is 35.3 Å². The number of ether oxygens (including phenoxy) is 1. The summed E-state index contributed by atoms with van der Waals surface area (Å²) >= 11 is 6.15. The van der Waals surface area contributed by atoms with E-state index in [1.807, 2.05) is 12.1 Å². The van der Waals surface area contributed by atoms with Gasteiger partial charge in [-0.05, 0) is 18.2 Å². The average molecular weight is 375 g/mol. The van der Waals surface area contributed by atoms with E-state index in [1.54, 1.807) is 31.3 Å². The number of amides is 3. The number of para-hydroxylation sites is 1. The summed E-state index contributed by atoms with van der Waals surface area (Å²) in [5, 5.41) is 8.68. The number of rotatable bonds is 4. The van der Waals surface area contributed by atoms with Crippen molar-refractivity contribution in [3.05, 3.63) is 52.7 Å². The van der Waals surface area contributed by atoms with Gasteiger partial charge in [0.15, 0.2) is 0 Å². The molecule has 1 aliphatic rings. The van der Waals surface area contributed by atoms with Gasteiger partial charge in [0.25, 0.3) is 0 Å². The molecule has 0 saturated heterocycles. The number of carbonyl (C=O) groups is 2. The molecule has 0 unspecified atom stereocenters. The van der Waals surface area contributed by atoms with Crippen LogP contribution in [-0.4, -0.2) is 30.6 Å². The maximum atomic E-state index is 12.3. The number of halogens is 1. The minimum absolute atomic E-state index is 0.144. The van der Waals surface area contributed by atoms with Gasteiger partial charge >= 0.3 is 6.03 Å². The maximum Gasteiger partial charge on any atom is 0.320 e. The summed E-state index contributed by atoms with van der Waals surface area (Å²) in [5.74, 6) is 0.841. The predicted molar refractivity (Wildman–Crippen MR) is 98.5 cm³/mol. The van der Waals surface area contributed by atoms with Gasteiger partial charge in [-0.3, -0.25) is 10.1 Å². The normalized spacial score (nSPS) is 15.4. The summed E-state index contributed by atoms with van der Waals surface area (Å²) in [6, 6.07) is 10.0. The van der Waals surface area contributed by atoms with Crippen molar-refractivity contribution in [1.82, 2.24) is 15.6 Å². The minimum Gasteiger partial charge on any atom is -0.492 e. The number of anilines is 1. The molecule has 2 heterocycles. The molecule has 3 amide bonds. The maximum absolute atomic E-state index is 12.3. The first kappa shape index (κ1) is 18.0. The molecule has 0 radical (unpaired) electrons. The Labute approximate surface area is 156 Å². The van der Waals surface area contributed by atoms with Crippen LogP contribution in [0.4, 0.5) is 10.6 Å². The van der Waals surface area contributed by atoms with Crippen LogP contribution in [0.1, 0.15) is 23.7 Å². The van der Waals surface area contributed by atoms with Crippen LogP contribution in [0.25, 0.3) is 0 Å². The van der Waals surface area contributed by atoms with Crippen LogP contribution in [0.3, 0.4) is 0 Å². The second-order valence-electron chi connectivity index (χ2n) is 5.81. The van der Waals surface area contributed by atoms with Gasteiger partial charge in [0.2, 0.25) is 5.91 Å². The van der Waals surface area contributed by atoms with Crippen molar-refractivity contribution < 1.29 is 14.3 Å². The number of fused-ring (bicyclic) bond motifs is 1. The molecule has 3 N–H and O–H groups in total. The van der Waals surface area contributed by atoms with Gasteiger partial charge in [-0.15, -0.1) is 0 Å². The molecule has 1 atom stereocenters. The number of nitrogens with zero attached hydrogens (tertiary/aromatic N) is 1. The molecule has 0 bridgehead atoms. The Morgan fingerprint density at radius 1 is 1.27 bits per heavy atom. The molecule has 0 spiro atoms. The molecular weight excluding hydrogens is 356 g/mol. The largest absolute Gasteiger partial charge is 0.492 e. The third-order valence-electron chi connectivity index (χ3n) is 4.00. The Bertz CT molecular complexity index is 828. The molecule has 0 aliphatic carbocycles. The number of benzene rings is 1. The van der Waals surface area contributed by atoms with Crippen LogP contribution in [-0.2, 0) is 11.2 Å². The molecule has 3 rings (SSSR count). The van der Waals surface area contributed by atoms with Crippen molar-refractivity contribution in [2.45, 2.75) is 18.9 Å². The van der Waals surface area contributed by atoms with E-state index >= 15 is 0 Å². The highest BCUT2D eigenvalue weighted by atomic mass is 35.5. The van der Waals surface area contributed by atoms with E-state index in [-0.39, 0.29) is 24.4 Å². The first-order chi connectivity index (χ1) is 12.6. The van der Waals surface area contributed by atoms with Crippen molar-refractivity contribution in [2.24, 2.45) is 0 Å². The van der Waals surface area contributed by atoms with Crippen molar-refractivity contribution >= 4 is 29.4 Å². The van der Waals surface area contributed by atoms with Gasteiger partial charge in [-0.25, -0.2) is 9.78 Å². The standard InChI is InChI=1S/C18H19ClN4O3/c1-20-16(24)10-11-4-2-7-15(21-11)23-18(25)22-14-8-9-26-17-12(14)5-3-6-13(17)19/h2-7,14H,8-10H2,1H3,(H,20,24)(H2,21,22,23,25)/t14-/m0/s1. The van der Waals surface area contributed by atoms with Gasteiger partial charge in [0.1, 0.15) is 11.6 Å². The fourth-order valence-electron chi connectivity index (χ4n) is 2.75. The zero-order valence-corrected chi connectivity index (χ0v) is 15.0. The Balaban J connectivity index is 1.66. The smallest absolute Gasteiger partial charge is 0.320 e. The van der Waals surface area contributed by atoms with Gasteiger partial charge in [-0.2, -0.15) is 0 Å². The highest BCUT2D eigenvalue weighted by Gasteiger charge is 2.24. The van der Waals surface area contributed by atoms with Crippen LogP contribution in [0.15, 0.2) is 36.4 Å². The summed E-state index contributed by atoms with van der Waals surface area (Å²) in [6.45, 7) is 0.474. The van der Waals surface area contributed by atoms with Crippen molar-refractivity contribution in [1.29, 1.82) is 0 Å². The summed E-state index contributed by atoms with van der Waals surface area (Å²) in [6.07, 6.45) is 0.796. The molecule has 0 fully saturated rings. The van der Waals surface area contributed by atoms with E-state index < -0.39 is 0 Å². The zero-order valence-electron chi connectivity index (χ0n) is 14.2. The summed E-state index contributed by atoms with van der Waals surface area (Å²) in [7, 11) is 1.57. The van der Waals surface area contributed by atoms with Gasteiger partial charge in [-0.1, -0.05) is 29.8 Å². The second-order valence-corrected chi connectivity index (χ2v) is 6.22. The summed E-state index contributed by atoms with van der Waals surface area (Å²) in [5.41, 5.74) is 1.42. The number of urea groups is 1. The minimum atomic E-state index is -0.382. The molecule has 7 nitrogen and oxygen atoms in total. The van der Waals surface area contributed by atoms with E-state index in [2.05, 4.69) is 20.9 Å². The van der Waals surface area contributed by atoms with Gasteiger partial charge in [0.05, 0.1) is 29.8 Å². The lowest BCUT2D eigenvalue weighted by atomic mass is 10.0. The van der Waals surface area contributed by atoms with E-state index in [4.69, 9.17) is 16.3 Å². The molecular formula is C18H19ClN4O3. The number of aromatic nitrogens is 1. The van der Waals surface area contributed by atoms with Gasteiger partial charge in [0, 0.05) is 19.0 Å². The molecule has 0 saturated carbocycles. The number of likely N-dealkylation sites (N-methyl/N-ethyl adjacent to an activating group) is 1. The first-order valence-corrected chi connectivity index (χ1v) is 8.60. The SMILES string of the molecule is CNC(=O)Cc1cccc(NC(=O)N[C@H]2CCOc3c(Cl)cccc32)n1. The zero-order chi connectivity index (χ0) is 18.5. The molecule has 8 heteroatoms. The summed E-state index contributed by atoms with van der Waals surface area (Å²) < 4.78 is 5.59. The molecule has 2 aromatic rings. The molecule has 26 heavy (non-hydrogen) atoms. The number of carbonyl (C=O) groups excluding carboxylic acids is 2. The first-order valence-electron chi connectivity index (χ1n) is 8.22. The van der Waals surface area contributed by atoms with Crippen LogP contribution in [0, 0.1) is 0 Å². The van der Waals surface area contributed by atoms with Crippen molar-refractivity contribution in [2.75, 3.05) is 19.0 Å². The second kappa shape index (κ2) is 8.05. The number of hydrogen-bond donors (Lipinski definition) is 3. The Hall–Kier alpha value is -2.80. The molecule has 136 valence electrons. The lowest BCUT2D eigenvalue weighted by Gasteiger charge is -2.27. The highest BCUT2D eigenvalue weighted by Crippen LogP contribution is 2.37. The highest BCUT2D eigenvalue weighted by molar-refractivity contribution is 6.32. The topological polar surface area (TPSA) is 92.4 Å². The van der Waals surface area contributed by atoms with E-state index in [9.17, 15) is 9.59 Å². The molecule has 1 aromatic heterocycles.